The zero-order chi connectivity index (χ0) is 25.9. The van der Waals surface area contributed by atoms with E-state index in [1.54, 1.807) is 32.1 Å². The van der Waals surface area contributed by atoms with Crippen molar-refractivity contribution in [1.29, 1.82) is 0 Å². The van der Waals surface area contributed by atoms with E-state index in [-0.39, 0.29) is 30.8 Å². The second kappa shape index (κ2) is 8.58. The van der Waals surface area contributed by atoms with E-state index in [4.69, 9.17) is 28.4 Å². The Kier molecular flexibility index (Phi) is 5.78. The molecular formula is C27H30O9. The van der Waals surface area contributed by atoms with Crippen molar-refractivity contribution in [3.8, 4) is 17.2 Å². The van der Waals surface area contributed by atoms with Gasteiger partial charge in [0.05, 0.1) is 20.3 Å². The zero-order valence-electron chi connectivity index (χ0n) is 21.2. The molecule has 1 aromatic rings. The molecule has 2 aliphatic heterocycles. The fourth-order valence-electron chi connectivity index (χ4n) is 5.57. The Hall–Kier alpha value is -3.46. The van der Waals surface area contributed by atoms with Crippen LogP contribution in [0.1, 0.15) is 44.9 Å². The summed E-state index contributed by atoms with van der Waals surface area (Å²) in [5.74, 6) is -0.231. The van der Waals surface area contributed by atoms with E-state index in [2.05, 4.69) is 0 Å². The largest absolute Gasteiger partial charge is 0.493 e. The number of ketones is 1. The fourth-order valence-corrected chi connectivity index (χ4v) is 5.57. The molecule has 0 unspecified atom stereocenters. The summed E-state index contributed by atoms with van der Waals surface area (Å²) in [6.45, 7) is 7.12. The molecule has 1 aromatic carbocycles. The molecule has 1 N–H and O–H groups in total. The third kappa shape index (κ3) is 3.11. The SMILES string of the molecule is C/C=C(/C)C(=O)O[C@@H]1c2cc3c(c4c2[C@@]2(CO4)C(=O)C(OC)=C(OC)C=C2[C@@H](O)[C@@H](C)[C@H]1C)OCO3. The number of esters is 1. The number of rotatable bonds is 4. The molecule has 0 fully saturated rings. The fraction of sp³-hybridized carbons (Fsp3) is 0.481. The quantitative estimate of drug-likeness (QED) is 0.494. The lowest BCUT2D eigenvalue weighted by Crippen LogP contribution is -2.51. The van der Waals surface area contributed by atoms with Gasteiger partial charge in [-0.15, -0.1) is 0 Å². The number of hydrogen-bond donors (Lipinski definition) is 1. The molecule has 5 rings (SSSR count). The van der Waals surface area contributed by atoms with Gasteiger partial charge in [0.2, 0.25) is 24.1 Å². The van der Waals surface area contributed by atoms with Crippen LogP contribution in [0.3, 0.4) is 0 Å². The number of carbonyl (C=O) groups excluding carboxylic acids is 2. The highest BCUT2D eigenvalue weighted by atomic mass is 16.7. The number of aliphatic hydroxyl groups excluding tert-OH is 1. The lowest BCUT2D eigenvalue weighted by atomic mass is 9.61. The molecule has 4 aliphatic rings. The maximum atomic E-state index is 14.2. The normalized spacial score (nSPS) is 30.5. The van der Waals surface area contributed by atoms with Crippen molar-refractivity contribution >= 4 is 11.8 Å². The first-order chi connectivity index (χ1) is 17.2. The van der Waals surface area contributed by atoms with Crippen molar-refractivity contribution < 1.29 is 43.1 Å². The highest BCUT2D eigenvalue weighted by Gasteiger charge is 2.61. The standard InChI is InChI=1S/C27H30O9/c1-7-12(2)26(30)36-21-14(4)13(3)20(28)16-9-17(31-5)23(32-6)25(29)27(16)10-33-24-19(27)15(21)8-18-22(24)35-11-34-18/h7-9,13-14,20-21,28H,10-11H2,1-6H3/b12-7-/t13-,14+,20-,21-,27-/m0/s1. The molecule has 0 amide bonds. The summed E-state index contributed by atoms with van der Waals surface area (Å²) < 4.78 is 34.6. The van der Waals surface area contributed by atoms with Gasteiger partial charge in [0.15, 0.2) is 17.3 Å². The Balaban J connectivity index is 1.84. The summed E-state index contributed by atoms with van der Waals surface area (Å²) in [6, 6.07) is 1.76. The van der Waals surface area contributed by atoms with E-state index in [1.165, 1.54) is 14.2 Å². The summed E-state index contributed by atoms with van der Waals surface area (Å²) >= 11 is 0. The average Bonchev–Trinajstić information content (AvgIpc) is 3.51. The molecule has 1 spiro atoms. The molecule has 2 heterocycles. The van der Waals surface area contributed by atoms with Gasteiger partial charge >= 0.3 is 5.97 Å². The molecule has 0 saturated carbocycles. The molecule has 0 bridgehead atoms. The number of hydrogen-bond acceptors (Lipinski definition) is 9. The van der Waals surface area contributed by atoms with Crippen molar-refractivity contribution in [2.24, 2.45) is 11.8 Å². The van der Waals surface area contributed by atoms with Crippen molar-refractivity contribution in [1.82, 2.24) is 0 Å². The lowest BCUT2D eigenvalue weighted by Gasteiger charge is -2.43. The minimum absolute atomic E-state index is 0.00794. The smallest absolute Gasteiger partial charge is 0.333 e. The van der Waals surface area contributed by atoms with Gasteiger partial charge in [-0.1, -0.05) is 19.9 Å². The summed E-state index contributed by atoms with van der Waals surface area (Å²) in [4.78, 5) is 27.2. The average molecular weight is 499 g/mol. The van der Waals surface area contributed by atoms with E-state index in [1.807, 2.05) is 13.8 Å². The summed E-state index contributed by atoms with van der Waals surface area (Å²) in [6.07, 6.45) is 1.48. The van der Waals surface area contributed by atoms with Crippen molar-refractivity contribution in [3.05, 3.63) is 52.0 Å². The Morgan fingerprint density at radius 1 is 1.14 bits per heavy atom. The van der Waals surface area contributed by atoms with Crippen LogP contribution >= 0.6 is 0 Å². The minimum Gasteiger partial charge on any atom is -0.493 e. The van der Waals surface area contributed by atoms with Crippen LogP contribution in [0.25, 0.3) is 0 Å². The number of carbonyl (C=O) groups is 2. The van der Waals surface area contributed by atoms with Crippen LogP contribution in [-0.4, -0.2) is 50.6 Å². The summed E-state index contributed by atoms with van der Waals surface area (Å²) in [5, 5.41) is 11.7. The second-order valence-corrected chi connectivity index (χ2v) is 9.59. The molecule has 2 aliphatic carbocycles. The number of benzene rings is 1. The Labute approximate surface area is 209 Å². The highest BCUT2D eigenvalue weighted by molar-refractivity contribution is 6.08. The molecule has 0 saturated heterocycles. The first kappa shape index (κ1) is 24.2. The first-order valence-electron chi connectivity index (χ1n) is 11.9. The van der Waals surface area contributed by atoms with Gasteiger partial charge in [-0.2, -0.15) is 0 Å². The van der Waals surface area contributed by atoms with E-state index in [0.717, 1.165) is 0 Å². The van der Waals surface area contributed by atoms with Gasteiger partial charge in [-0.05, 0) is 37.5 Å². The Morgan fingerprint density at radius 2 is 1.89 bits per heavy atom. The van der Waals surface area contributed by atoms with Crippen molar-refractivity contribution in [3.63, 3.8) is 0 Å². The van der Waals surface area contributed by atoms with Crippen molar-refractivity contribution in [2.75, 3.05) is 27.6 Å². The molecule has 9 heteroatoms. The van der Waals surface area contributed by atoms with Gasteiger partial charge in [-0.3, -0.25) is 4.79 Å². The zero-order valence-corrected chi connectivity index (χ0v) is 21.2. The Morgan fingerprint density at radius 3 is 2.56 bits per heavy atom. The van der Waals surface area contributed by atoms with E-state index >= 15 is 0 Å². The number of methoxy groups -OCH3 is 2. The van der Waals surface area contributed by atoms with Gasteiger partial charge in [0, 0.05) is 22.6 Å². The molecular weight excluding hydrogens is 468 g/mol. The van der Waals surface area contributed by atoms with Gasteiger partial charge in [0.25, 0.3) is 0 Å². The topological polar surface area (TPSA) is 110 Å². The van der Waals surface area contributed by atoms with Crippen LogP contribution < -0.4 is 14.2 Å². The van der Waals surface area contributed by atoms with Gasteiger partial charge in [0.1, 0.15) is 18.1 Å². The maximum absolute atomic E-state index is 14.2. The number of ether oxygens (including phenoxy) is 6. The number of Topliss-reactive ketones (excluding diaryl/α,β-unsaturated/α-hetero) is 1. The molecule has 0 radical (unpaired) electrons. The predicted molar refractivity (Wildman–Crippen MR) is 126 cm³/mol. The highest BCUT2D eigenvalue weighted by Crippen LogP contribution is 2.61. The predicted octanol–water partition coefficient (Wildman–Crippen LogP) is 3.26. The summed E-state index contributed by atoms with van der Waals surface area (Å²) in [5.41, 5.74) is 0.530. The van der Waals surface area contributed by atoms with Crippen LogP contribution in [0.4, 0.5) is 0 Å². The van der Waals surface area contributed by atoms with Crippen LogP contribution in [-0.2, 0) is 29.2 Å². The second-order valence-electron chi connectivity index (χ2n) is 9.59. The minimum atomic E-state index is -1.42. The van der Waals surface area contributed by atoms with E-state index in [0.29, 0.717) is 39.5 Å². The van der Waals surface area contributed by atoms with Crippen LogP contribution in [0, 0.1) is 11.8 Å². The summed E-state index contributed by atoms with van der Waals surface area (Å²) in [7, 11) is 2.84. The molecule has 0 aromatic heterocycles. The van der Waals surface area contributed by atoms with Crippen LogP contribution in [0.2, 0.25) is 0 Å². The monoisotopic (exact) mass is 498 g/mol. The van der Waals surface area contributed by atoms with Gasteiger partial charge in [-0.25, -0.2) is 4.79 Å². The van der Waals surface area contributed by atoms with Crippen LogP contribution in [0.5, 0.6) is 17.2 Å². The van der Waals surface area contributed by atoms with E-state index < -0.39 is 35.3 Å². The first-order valence-corrected chi connectivity index (χ1v) is 11.9. The molecule has 192 valence electrons. The maximum Gasteiger partial charge on any atom is 0.333 e. The Bertz CT molecular complexity index is 1240. The number of aliphatic hydroxyl groups is 1. The third-order valence-corrected chi connectivity index (χ3v) is 7.95. The number of fused-ring (bicyclic) bond motifs is 2. The van der Waals surface area contributed by atoms with Crippen LogP contribution in [0.15, 0.2) is 40.9 Å². The third-order valence-electron chi connectivity index (χ3n) is 7.95. The number of allylic oxidation sites excluding steroid dienone is 3. The molecule has 5 atom stereocenters. The molecule has 36 heavy (non-hydrogen) atoms. The van der Waals surface area contributed by atoms with Crippen molar-refractivity contribution in [2.45, 2.75) is 45.3 Å². The van der Waals surface area contributed by atoms with E-state index in [9.17, 15) is 14.7 Å². The lowest BCUT2D eigenvalue weighted by molar-refractivity contribution is -0.149. The van der Waals surface area contributed by atoms with Gasteiger partial charge < -0.3 is 33.5 Å². The molecule has 9 nitrogen and oxygen atoms in total.